The molecule has 0 radical (unpaired) electrons. The molecule has 1 aliphatic rings. The number of halogens is 1. The van der Waals surface area contributed by atoms with Crippen LogP contribution in [0.1, 0.15) is 56.0 Å². The van der Waals surface area contributed by atoms with Crippen LogP contribution in [-0.2, 0) is 23.1 Å². The van der Waals surface area contributed by atoms with E-state index < -0.39 is 0 Å². The maximum Gasteiger partial charge on any atom is 0.324 e. The molecular weight excluding hydrogens is 541 g/mol. The molecular formula is C35H40FN5O2. The van der Waals surface area contributed by atoms with Gasteiger partial charge in [-0.2, -0.15) is 5.10 Å². The van der Waals surface area contributed by atoms with E-state index in [1.165, 1.54) is 17.7 Å². The van der Waals surface area contributed by atoms with Gasteiger partial charge in [-0.15, -0.1) is 0 Å². The molecule has 2 N–H and O–H groups in total. The Morgan fingerprint density at radius 1 is 0.884 bits per heavy atom. The summed E-state index contributed by atoms with van der Waals surface area (Å²) in [6.07, 6.45) is 3.13. The average Bonchev–Trinajstić information content (AvgIpc) is 3.40. The largest absolute Gasteiger partial charge is 0.342 e. The number of amides is 3. The van der Waals surface area contributed by atoms with Crippen LogP contribution in [0.3, 0.4) is 0 Å². The van der Waals surface area contributed by atoms with Crippen molar-refractivity contribution in [1.29, 1.82) is 0 Å². The number of likely N-dealkylation sites (tertiary alicyclic amines) is 1. The summed E-state index contributed by atoms with van der Waals surface area (Å²) in [7, 11) is 0. The second-order valence-corrected chi connectivity index (χ2v) is 12.5. The lowest BCUT2D eigenvalue weighted by atomic mass is 9.90. The topological polar surface area (TPSA) is 79.3 Å². The van der Waals surface area contributed by atoms with Crippen molar-refractivity contribution in [2.75, 3.05) is 23.7 Å². The number of aryl methyl sites for hydroxylation is 1. The summed E-state index contributed by atoms with van der Waals surface area (Å²) in [6.45, 7) is 9.80. The fraction of sp³-hybridized carbons (Fsp3) is 0.343. The van der Waals surface area contributed by atoms with E-state index in [2.05, 4.69) is 43.5 Å². The quantitative estimate of drug-likeness (QED) is 0.241. The number of rotatable bonds is 7. The first-order chi connectivity index (χ1) is 20.5. The van der Waals surface area contributed by atoms with Gasteiger partial charge >= 0.3 is 6.03 Å². The third-order valence-electron chi connectivity index (χ3n) is 7.97. The number of piperidine rings is 1. The highest BCUT2D eigenvalue weighted by molar-refractivity contribution is 5.99. The molecule has 0 unspecified atom stereocenters. The fourth-order valence-electron chi connectivity index (χ4n) is 5.33. The molecule has 43 heavy (non-hydrogen) atoms. The van der Waals surface area contributed by atoms with Crippen LogP contribution < -0.4 is 10.6 Å². The molecule has 1 aromatic heterocycles. The van der Waals surface area contributed by atoms with Gasteiger partial charge in [0.1, 0.15) is 11.6 Å². The van der Waals surface area contributed by atoms with Crippen molar-refractivity contribution >= 4 is 23.4 Å². The van der Waals surface area contributed by atoms with Crippen LogP contribution in [-0.4, -0.2) is 39.7 Å². The predicted molar refractivity (Wildman–Crippen MR) is 169 cm³/mol. The van der Waals surface area contributed by atoms with E-state index in [0.717, 1.165) is 54.9 Å². The van der Waals surface area contributed by atoms with E-state index in [4.69, 9.17) is 5.10 Å². The molecule has 1 fully saturated rings. The minimum absolute atomic E-state index is 0.0929. The number of hydrogen-bond donors (Lipinski definition) is 2. The molecule has 5 rings (SSSR count). The molecule has 8 heteroatoms. The zero-order valence-electron chi connectivity index (χ0n) is 25.4. The summed E-state index contributed by atoms with van der Waals surface area (Å²) in [5.41, 5.74) is 5.49. The fourth-order valence-corrected chi connectivity index (χ4v) is 5.33. The monoisotopic (exact) mass is 581 g/mol. The van der Waals surface area contributed by atoms with Gasteiger partial charge in [0.2, 0.25) is 5.91 Å². The van der Waals surface area contributed by atoms with Crippen LogP contribution >= 0.6 is 0 Å². The third kappa shape index (κ3) is 7.89. The maximum atomic E-state index is 13.1. The van der Waals surface area contributed by atoms with Crippen molar-refractivity contribution in [2.24, 2.45) is 5.92 Å². The van der Waals surface area contributed by atoms with Crippen LogP contribution in [0.2, 0.25) is 0 Å². The molecule has 2 heterocycles. The van der Waals surface area contributed by atoms with Gasteiger partial charge in [-0.05, 0) is 79.6 Å². The van der Waals surface area contributed by atoms with Crippen molar-refractivity contribution in [3.8, 4) is 5.69 Å². The Kier molecular flexibility index (Phi) is 8.94. The van der Waals surface area contributed by atoms with Crippen LogP contribution in [0, 0.1) is 18.7 Å². The normalized spacial score (nSPS) is 14.0. The highest BCUT2D eigenvalue weighted by Crippen LogP contribution is 2.27. The Hall–Kier alpha value is -4.46. The number of anilines is 2. The summed E-state index contributed by atoms with van der Waals surface area (Å²) in [5.74, 6) is 0.901. The van der Waals surface area contributed by atoms with Gasteiger partial charge in [-0.3, -0.25) is 10.1 Å². The van der Waals surface area contributed by atoms with Gasteiger partial charge < -0.3 is 10.2 Å². The Labute approximate surface area is 253 Å². The molecule has 0 aliphatic carbocycles. The molecule has 3 aromatic carbocycles. The minimum Gasteiger partial charge on any atom is -0.342 e. The number of nitrogens with zero attached hydrogens (tertiary/aromatic N) is 3. The summed E-state index contributed by atoms with van der Waals surface area (Å²) in [5, 5.41) is 10.7. The predicted octanol–water partition coefficient (Wildman–Crippen LogP) is 7.29. The number of benzene rings is 3. The molecule has 1 saturated heterocycles. The average molecular weight is 582 g/mol. The van der Waals surface area contributed by atoms with E-state index in [1.54, 1.807) is 16.8 Å². The molecule has 0 spiro atoms. The molecule has 0 saturated carbocycles. The van der Waals surface area contributed by atoms with Crippen molar-refractivity contribution in [2.45, 2.75) is 58.8 Å². The van der Waals surface area contributed by atoms with Crippen LogP contribution in [0.25, 0.3) is 5.69 Å². The standard InChI is InChI=1S/C35H40FN5O2/c1-24-5-15-30(16-6-24)41-32(23-31(39-41)35(2,3)4)38-34(43)37-29-13-9-25(10-14-29)21-27-17-19-40(20-18-27)33(42)22-26-7-11-28(36)12-8-26/h5-16,23,27H,17-22H2,1-4H3,(H2,37,38,43). The lowest BCUT2D eigenvalue weighted by Crippen LogP contribution is -2.39. The summed E-state index contributed by atoms with van der Waals surface area (Å²) in [4.78, 5) is 27.6. The van der Waals surface area contributed by atoms with E-state index in [1.807, 2.05) is 54.3 Å². The van der Waals surface area contributed by atoms with E-state index >= 15 is 0 Å². The zero-order valence-corrected chi connectivity index (χ0v) is 25.4. The molecule has 4 aromatic rings. The number of hydrogen-bond acceptors (Lipinski definition) is 3. The Bertz CT molecular complexity index is 1550. The first kappa shape index (κ1) is 30.0. The number of aromatic nitrogens is 2. The Morgan fingerprint density at radius 2 is 1.51 bits per heavy atom. The second-order valence-electron chi connectivity index (χ2n) is 12.5. The van der Waals surface area contributed by atoms with Gasteiger partial charge in [-0.25, -0.2) is 13.9 Å². The zero-order chi connectivity index (χ0) is 30.6. The van der Waals surface area contributed by atoms with Crippen LogP contribution in [0.15, 0.2) is 78.9 Å². The summed E-state index contributed by atoms with van der Waals surface area (Å²) < 4.78 is 14.9. The first-order valence-electron chi connectivity index (χ1n) is 14.9. The van der Waals surface area contributed by atoms with Crippen molar-refractivity contribution in [3.05, 3.63) is 107 Å². The van der Waals surface area contributed by atoms with Gasteiger partial charge in [0.25, 0.3) is 0 Å². The molecule has 3 amide bonds. The van der Waals surface area contributed by atoms with Crippen LogP contribution in [0.5, 0.6) is 0 Å². The number of carbonyl (C=O) groups is 2. The lowest BCUT2D eigenvalue weighted by Gasteiger charge is -2.32. The summed E-state index contributed by atoms with van der Waals surface area (Å²) in [6, 6.07) is 23.7. The highest BCUT2D eigenvalue weighted by Gasteiger charge is 2.24. The van der Waals surface area contributed by atoms with Gasteiger partial charge in [0.15, 0.2) is 0 Å². The lowest BCUT2D eigenvalue weighted by molar-refractivity contribution is -0.131. The van der Waals surface area contributed by atoms with Gasteiger partial charge in [-0.1, -0.05) is 62.7 Å². The smallest absolute Gasteiger partial charge is 0.324 e. The Balaban J connectivity index is 1.13. The van der Waals surface area contributed by atoms with Crippen molar-refractivity contribution in [1.82, 2.24) is 14.7 Å². The number of carbonyl (C=O) groups excluding carboxylic acids is 2. The van der Waals surface area contributed by atoms with Crippen LogP contribution in [0.4, 0.5) is 20.7 Å². The highest BCUT2D eigenvalue weighted by atomic mass is 19.1. The summed E-state index contributed by atoms with van der Waals surface area (Å²) >= 11 is 0. The second kappa shape index (κ2) is 12.8. The number of urea groups is 1. The maximum absolute atomic E-state index is 13.1. The van der Waals surface area contributed by atoms with Crippen molar-refractivity contribution < 1.29 is 14.0 Å². The molecule has 0 bridgehead atoms. The minimum atomic E-state index is -0.334. The Morgan fingerprint density at radius 3 is 2.14 bits per heavy atom. The molecule has 7 nitrogen and oxygen atoms in total. The molecule has 1 aliphatic heterocycles. The van der Waals surface area contributed by atoms with Crippen molar-refractivity contribution in [3.63, 3.8) is 0 Å². The van der Waals surface area contributed by atoms with E-state index in [0.29, 0.717) is 23.8 Å². The first-order valence-corrected chi connectivity index (χ1v) is 14.9. The van der Waals surface area contributed by atoms with Gasteiger partial charge in [0.05, 0.1) is 17.8 Å². The van der Waals surface area contributed by atoms with Gasteiger partial charge in [0, 0.05) is 30.3 Å². The SMILES string of the molecule is Cc1ccc(-n2nc(C(C)(C)C)cc2NC(=O)Nc2ccc(CC3CCN(C(=O)Cc4ccc(F)cc4)CC3)cc2)cc1. The molecule has 0 atom stereocenters. The number of nitrogens with one attached hydrogen (secondary N) is 2. The van der Waals surface area contributed by atoms with E-state index in [-0.39, 0.29) is 23.2 Å². The third-order valence-corrected chi connectivity index (χ3v) is 7.97. The molecule has 224 valence electrons. The van der Waals surface area contributed by atoms with E-state index in [9.17, 15) is 14.0 Å².